The lowest BCUT2D eigenvalue weighted by Crippen LogP contribution is -1.95. The summed E-state index contributed by atoms with van der Waals surface area (Å²) in [6.07, 6.45) is 0. The van der Waals surface area contributed by atoms with Crippen LogP contribution in [-0.4, -0.2) is 15.5 Å². The maximum absolute atomic E-state index is 4.57. The van der Waals surface area contributed by atoms with Gasteiger partial charge in [-0.15, -0.1) is 0 Å². The van der Waals surface area contributed by atoms with Crippen molar-refractivity contribution in [3.05, 3.63) is 0 Å². The highest BCUT2D eigenvalue weighted by atomic mass is 79.9. The Morgan fingerprint density at radius 2 is 2.33 bits per heavy atom. The number of thiocarbonyl (C=S) groups is 1. The van der Waals surface area contributed by atoms with Crippen LogP contribution in [0.15, 0.2) is 0 Å². The Hall–Kier alpha value is 1.05. The fraction of sp³-hybridized carbons (Fsp3) is 0.667. The number of hydrogen-bond acceptors (Lipinski definition) is 1. The maximum atomic E-state index is 4.57. The molecule has 3 heteroatoms. The molecule has 0 radical (unpaired) electrons. The first-order valence-corrected chi connectivity index (χ1v) is 3.97. The summed E-state index contributed by atoms with van der Waals surface area (Å²) in [5.74, 6) is 0. The molecule has 1 atom stereocenters. The molecule has 0 bridgehead atoms. The summed E-state index contributed by atoms with van der Waals surface area (Å²) in [4.78, 5) is 0.354. The molecule has 0 aliphatic heterocycles. The zero-order valence-corrected chi connectivity index (χ0v) is 7.01. The average Bonchev–Trinajstić information content (AvgIpc) is 1.65. The van der Waals surface area contributed by atoms with Crippen molar-refractivity contribution in [2.75, 3.05) is 5.33 Å². The van der Waals surface area contributed by atoms with E-state index in [1.54, 1.807) is 5.37 Å². The van der Waals surface area contributed by atoms with E-state index in [2.05, 4.69) is 44.1 Å². The lowest BCUT2D eigenvalue weighted by Gasteiger charge is -1.88. The molecule has 0 saturated carbocycles. The van der Waals surface area contributed by atoms with Crippen LogP contribution in [0, 0.1) is 0 Å². The summed E-state index contributed by atoms with van der Waals surface area (Å²) in [6.45, 7) is 0. The lowest BCUT2D eigenvalue weighted by atomic mass is 10.6. The number of halogens is 2. The molecule has 0 aromatic rings. The van der Waals surface area contributed by atoms with Gasteiger partial charge in [0.05, 0.1) is 4.83 Å². The molecule has 0 fully saturated rings. The van der Waals surface area contributed by atoms with Crippen LogP contribution in [0.4, 0.5) is 0 Å². The fourth-order valence-corrected chi connectivity index (χ4v) is 0.567. The van der Waals surface area contributed by atoms with Crippen LogP contribution in [0.25, 0.3) is 0 Å². The zero-order valence-electron chi connectivity index (χ0n) is 3.03. The minimum atomic E-state index is 0.354. The van der Waals surface area contributed by atoms with Crippen molar-refractivity contribution in [2.45, 2.75) is 4.83 Å². The van der Waals surface area contributed by atoms with Crippen LogP contribution in [-0.2, 0) is 0 Å². The Kier molecular flexibility index (Phi) is 4.95. The van der Waals surface area contributed by atoms with E-state index in [0.29, 0.717) is 4.83 Å². The highest BCUT2D eigenvalue weighted by molar-refractivity contribution is 9.12. The van der Waals surface area contributed by atoms with Gasteiger partial charge in [0.25, 0.3) is 0 Å². The van der Waals surface area contributed by atoms with Crippen LogP contribution in [0.3, 0.4) is 0 Å². The molecule has 0 aromatic heterocycles. The molecule has 0 nitrogen and oxygen atoms in total. The largest absolute Gasteiger partial charge is 0.0922 e. The van der Waals surface area contributed by atoms with Crippen molar-refractivity contribution < 1.29 is 0 Å². The smallest absolute Gasteiger partial charge is 0.0525 e. The van der Waals surface area contributed by atoms with Gasteiger partial charge >= 0.3 is 0 Å². The molecule has 1 unspecified atom stereocenters. The number of alkyl halides is 2. The first kappa shape index (κ1) is 7.05. The molecule has 0 N–H and O–H groups in total. The standard InChI is InChI=1S/C3H4Br2S/c4-1-3(5)2-6/h2-3H,1H2. The monoisotopic (exact) mass is 230 g/mol. The molecule has 0 amide bonds. The third-order valence-electron chi connectivity index (χ3n) is 0.295. The topological polar surface area (TPSA) is 0 Å². The van der Waals surface area contributed by atoms with Gasteiger partial charge in [-0.1, -0.05) is 44.1 Å². The van der Waals surface area contributed by atoms with Gasteiger partial charge in [-0.2, -0.15) is 0 Å². The Morgan fingerprint density at radius 1 is 1.83 bits per heavy atom. The number of rotatable bonds is 2. The van der Waals surface area contributed by atoms with Crippen LogP contribution in [0.2, 0.25) is 0 Å². The quantitative estimate of drug-likeness (QED) is 0.519. The molecule has 0 saturated heterocycles. The second-order valence-corrected chi connectivity index (χ2v) is 2.90. The summed E-state index contributed by atoms with van der Waals surface area (Å²) < 4.78 is 0. The van der Waals surface area contributed by atoms with Crippen molar-refractivity contribution in [3.8, 4) is 0 Å². The van der Waals surface area contributed by atoms with E-state index in [-0.39, 0.29) is 0 Å². The summed E-state index contributed by atoms with van der Waals surface area (Å²) >= 11 is 11.1. The molecule has 6 heavy (non-hydrogen) atoms. The SMILES string of the molecule is S=CC(Br)CBr. The Morgan fingerprint density at radius 3 is 2.33 bits per heavy atom. The normalized spacial score (nSPS) is 13.7. The van der Waals surface area contributed by atoms with Gasteiger partial charge in [0.15, 0.2) is 0 Å². The van der Waals surface area contributed by atoms with E-state index in [1.807, 2.05) is 0 Å². The molecule has 0 aliphatic rings. The van der Waals surface area contributed by atoms with E-state index in [1.165, 1.54) is 0 Å². The van der Waals surface area contributed by atoms with Gasteiger partial charge in [0, 0.05) is 5.33 Å². The molecule has 36 valence electrons. The maximum Gasteiger partial charge on any atom is 0.0525 e. The molecule has 0 spiro atoms. The average molecular weight is 232 g/mol. The minimum absolute atomic E-state index is 0.354. The lowest BCUT2D eigenvalue weighted by molar-refractivity contribution is 1.45. The van der Waals surface area contributed by atoms with Gasteiger partial charge < -0.3 is 0 Å². The van der Waals surface area contributed by atoms with Crippen molar-refractivity contribution in [3.63, 3.8) is 0 Å². The molecular weight excluding hydrogens is 228 g/mol. The van der Waals surface area contributed by atoms with Gasteiger partial charge in [0.2, 0.25) is 0 Å². The zero-order chi connectivity index (χ0) is 4.99. The van der Waals surface area contributed by atoms with E-state index >= 15 is 0 Å². The van der Waals surface area contributed by atoms with E-state index in [4.69, 9.17) is 0 Å². The Bertz CT molecular complexity index is 46.1. The Balaban J connectivity index is 2.96. The van der Waals surface area contributed by atoms with Crippen molar-refractivity contribution in [2.24, 2.45) is 0 Å². The van der Waals surface area contributed by atoms with Crippen LogP contribution in [0.5, 0.6) is 0 Å². The number of hydrogen-bond donors (Lipinski definition) is 0. The molecule has 0 heterocycles. The van der Waals surface area contributed by atoms with Gasteiger partial charge in [-0.25, -0.2) is 0 Å². The third kappa shape index (κ3) is 3.25. The van der Waals surface area contributed by atoms with Crippen LogP contribution in [0.1, 0.15) is 0 Å². The minimum Gasteiger partial charge on any atom is -0.0922 e. The summed E-state index contributed by atoms with van der Waals surface area (Å²) in [5, 5.41) is 2.57. The first-order chi connectivity index (χ1) is 2.81. The molecule has 0 aliphatic carbocycles. The summed E-state index contributed by atoms with van der Waals surface area (Å²) in [6, 6.07) is 0. The highest BCUT2D eigenvalue weighted by Crippen LogP contribution is 1.98. The highest BCUT2D eigenvalue weighted by Gasteiger charge is 1.90. The molecule has 0 aromatic carbocycles. The van der Waals surface area contributed by atoms with E-state index in [0.717, 1.165) is 5.33 Å². The van der Waals surface area contributed by atoms with E-state index in [9.17, 15) is 0 Å². The van der Waals surface area contributed by atoms with Crippen molar-refractivity contribution >= 4 is 49.4 Å². The first-order valence-electron chi connectivity index (χ1n) is 1.46. The molecule has 0 rings (SSSR count). The second-order valence-electron chi connectivity index (χ2n) is 0.806. The third-order valence-corrected chi connectivity index (χ3v) is 3.13. The van der Waals surface area contributed by atoms with Gasteiger partial charge in [-0.3, -0.25) is 0 Å². The fourth-order valence-electron chi connectivity index (χ4n) is 0.0364. The Labute approximate surface area is 59.6 Å². The predicted octanol–water partition coefficient (Wildman–Crippen LogP) is 2.14. The summed E-state index contributed by atoms with van der Waals surface area (Å²) in [5.41, 5.74) is 0. The van der Waals surface area contributed by atoms with Crippen molar-refractivity contribution in [1.82, 2.24) is 0 Å². The van der Waals surface area contributed by atoms with E-state index < -0.39 is 0 Å². The summed E-state index contributed by atoms with van der Waals surface area (Å²) in [7, 11) is 0. The predicted molar refractivity (Wildman–Crippen MR) is 40.2 cm³/mol. The van der Waals surface area contributed by atoms with Crippen LogP contribution < -0.4 is 0 Å². The second kappa shape index (κ2) is 4.22. The molecular formula is C3H4Br2S. The van der Waals surface area contributed by atoms with Crippen LogP contribution >= 0.6 is 44.1 Å². The van der Waals surface area contributed by atoms with Gasteiger partial charge in [-0.05, 0) is 5.37 Å². The van der Waals surface area contributed by atoms with Gasteiger partial charge in [0.1, 0.15) is 0 Å². The van der Waals surface area contributed by atoms with Crippen molar-refractivity contribution in [1.29, 1.82) is 0 Å².